The van der Waals surface area contributed by atoms with Crippen LogP contribution in [0.25, 0.3) is 0 Å². The summed E-state index contributed by atoms with van der Waals surface area (Å²) in [6.45, 7) is 4.18. The van der Waals surface area contributed by atoms with Crippen LogP contribution in [0.5, 0.6) is 11.5 Å². The molecule has 2 rings (SSSR count). The second kappa shape index (κ2) is 2.55. The lowest BCUT2D eigenvalue weighted by Gasteiger charge is -2.08. The van der Waals surface area contributed by atoms with Gasteiger partial charge in [0.05, 0.1) is 0 Å². The first-order valence-electron chi connectivity index (χ1n) is 4.42. The normalized spacial score (nSPS) is 25.4. The maximum Gasteiger partial charge on any atom is 0.159 e. The van der Waals surface area contributed by atoms with Gasteiger partial charge in [-0.1, -0.05) is 6.92 Å². The molecule has 0 spiro atoms. The van der Waals surface area contributed by atoms with Crippen molar-refractivity contribution in [1.82, 2.24) is 0 Å². The highest BCUT2D eigenvalue weighted by atomic mass is 16.3. The molecule has 3 nitrogen and oxygen atoms in total. The van der Waals surface area contributed by atoms with Crippen molar-refractivity contribution in [3.05, 3.63) is 17.7 Å². The molecule has 0 saturated heterocycles. The molecule has 0 bridgehead atoms. The minimum Gasteiger partial charge on any atom is -0.504 e. The molecule has 0 aromatic heterocycles. The number of hydrogen-bond acceptors (Lipinski definition) is 3. The largest absolute Gasteiger partial charge is 0.504 e. The van der Waals surface area contributed by atoms with Crippen molar-refractivity contribution in [3.8, 4) is 11.5 Å². The topological polar surface area (TPSA) is 52.5 Å². The summed E-state index contributed by atoms with van der Waals surface area (Å²) in [6, 6.07) is 3.56. The summed E-state index contributed by atoms with van der Waals surface area (Å²) in [6.07, 6.45) is 0. The van der Waals surface area contributed by atoms with Gasteiger partial charge in [0.1, 0.15) is 0 Å². The van der Waals surface area contributed by atoms with E-state index in [0.717, 1.165) is 11.3 Å². The molecule has 0 aliphatic carbocycles. The standard InChI is InChI=1S/C10H13NO2/c1-5-6(2)11-8-4-10(13)9(12)3-7(5)8/h3-6,11-13H,1-2H3. The van der Waals surface area contributed by atoms with Crippen LogP contribution >= 0.6 is 0 Å². The summed E-state index contributed by atoms with van der Waals surface area (Å²) in [4.78, 5) is 0. The third-order valence-electron chi connectivity index (χ3n) is 2.77. The highest BCUT2D eigenvalue weighted by Gasteiger charge is 2.26. The molecule has 0 radical (unpaired) electrons. The quantitative estimate of drug-likeness (QED) is 0.422. The highest BCUT2D eigenvalue weighted by Crippen LogP contribution is 2.41. The molecule has 1 aromatic carbocycles. The van der Waals surface area contributed by atoms with Gasteiger partial charge in [-0.25, -0.2) is 0 Å². The van der Waals surface area contributed by atoms with Gasteiger partial charge in [0.2, 0.25) is 0 Å². The highest BCUT2D eigenvalue weighted by molar-refractivity contribution is 5.65. The Bertz CT molecular complexity index is 349. The fourth-order valence-corrected chi connectivity index (χ4v) is 1.73. The average Bonchev–Trinajstić information content (AvgIpc) is 2.32. The number of phenols is 2. The van der Waals surface area contributed by atoms with Crippen LogP contribution in [0, 0.1) is 0 Å². The molecule has 0 saturated carbocycles. The minimum atomic E-state index is -0.0625. The van der Waals surface area contributed by atoms with Gasteiger partial charge in [-0.2, -0.15) is 0 Å². The van der Waals surface area contributed by atoms with Gasteiger partial charge >= 0.3 is 0 Å². The predicted molar refractivity (Wildman–Crippen MR) is 51.3 cm³/mol. The molecule has 0 fully saturated rings. The number of aromatic hydroxyl groups is 2. The zero-order valence-electron chi connectivity index (χ0n) is 7.70. The van der Waals surface area contributed by atoms with Gasteiger partial charge in [-0.05, 0) is 18.6 Å². The van der Waals surface area contributed by atoms with E-state index in [1.54, 1.807) is 12.1 Å². The summed E-state index contributed by atoms with van der Waals surface area (Å²) in [5, 5.41) is 21.8. The predicted octanol–water partition coefficient (Wildman–Crippen LogP) is 2.02. The molecule has 1 aliphatic heterocycles. The first-order valence-corrected chi connectivity index (χ1v) is 4.42. The van der Waals surface area contributed by atoms with Crippen molar-refractivity contribution >= 4 is 5.69 Å². The summed E-state index contributed by atoms with van der Waals surface area (Å²) in [5.41, 5.74) is 2.00. The van der Waals surface area contributed by atoms with E-state index < -0.39 is 0 Å². The van der Waals surface area contributed by atoms with Crippen LogP contribution in [0.15, 0.2) is 12.1 Å². The minimum absolute atomic E-state index is 0.0403. The van der Waals surface area contributed by atoms with Crippen molar-refractivity contribution < 1.29 is 10.2 Å². The molecule has 0 amide bonds. The molecule has 2 atom stereocenters. The van der Waals surface area contributed by atoms with Gasteiger partial charge in [0.25, 0.3) is 0 Å². The summed E-state index contributed by atoms with van der Waals surface area (Å²) in [7, 11) is 0. The van der Waals surface area contributed by atoms with Crippen LogP contribution in [-0.2, 0) is 0 Å². The number of phenolic OH excluding ortho intramolecular Hbond substituents is 2. The first-order chi connectivity index (χ1) is 6.09. The number of benzene rings is 1. The SMILES string of the molecule is CC1Nc2cc(O)c(O)cc2C1C. The Morgan fingerprint density at radius 1 is 1.15 bits per heavy atom. The monoisotopic (exact) mass is 179 g/mol. The van der Waals surface area contributed by atoms with E-state index in [4.69, 9.17) is 0 Å². The summed E-state index contributed by atoms with van der Waals surface area (Å²) in [5.74, 6) is 0.274. The molecule has 1 aromatic rings. The molecule has 1 heterocycles. The smallest absolute Gasteiger partial charge is 0.159 e. The lowest BCUT2D eigenvalue weighted by Crippen LogP contribution is -2.12. The fourth-order valence-electron chi connectivity index (χ4n) is 1.73. The van der Waals surface area contributed by atoms with Gasteiger partial charge in [-0.15, -0.1) is 0 Å². The molecule has 3 N–H and O–H groups in total. The Labute approximate surface area is 77.0 Å². The third-order valence-corrected chi connectivity index (χ3v) is 2.77. The average molecular weight is 179 g/mol. The van der Waals surface area contributed by atoms with Crippen LogP contribution < -0.4 is 5.32 Å². The van der Waals surface area contributed by atoms with Gasteiger partial charge in [0.15, 0.2) is 11.5 Å². The summed E-state index contributed by atoms with van der Waals surface area (Å²) < 4.78 is 0. The second-order valence-corrected chi connectivity index (χ2v) is 3.65. The van der Waals surface area contributed by atoms with Crippen molar-refractivity contribution in [3.63, 3.8) is 0 Å². The van der Waals surface area contributed by atoms with Crippen LogP contribution in [0.4, 0.5) is 5.69 Å². The van der Waals surface area contributed by atoms with E-state index in [1.807, 2.05) is 0 Å². The van der Waals surface area contributed by atoms with Crippen molar-refractivity contribution in [2.24, 2.45) is 0 Å². The van der Waals surface area contributed by atoms with Crippen molar-refractivity contribution in [2.75, 3.05) is 5.32 Å². The number of nitrogens with one attached hydrogen (secondary N) is 1. The Morgan fingerprint density at radius 2 is 1.77 bits per heavy atom. The van der Waals surface area contributed by atoms with Crippen molar-refractivity contribution in [1.29, 1.82) is 0 Å². The van der Waals surface area contributed by atoms with Crippen LogP contribution in [0.1, 0.15) is 25.3 Å². The molecule has 3 heteroatoms. The first kappa shape index (κ1) is 8.23. The number of fused-ring (bicyclic) bond motifs is 1. The van der Waals surface area contributed by atoms with E-state index in [-0.39, 0.29) is 11.5 Å². The zero-order valence-corrected chi connectivity index (χ0v) is 7.70. The maximum absolute atomic E-state index is 9.31. The molecular formula is C10H13NO2. The van der Waals surface area contributed by atoms with Gasteiger partial charge in [-0.3, -0.25) is 0 Å². The van der Waals surface area contributed by atoms with Crippen molar-refractivity contribution in [2.45, 2.75) is 25.8 Å². The van der Waals surface area contributed by atoms with E-state index in [9.17, 15) is 10.2 Å². The molecule has 2 unspecified atom stereocenters. The molecular weight excluding hydrogens is 166 g/mol. The third kappa shape index (κ3) is 1.11. The second-order valence-electron chi connectivity index (χ2n) is 3.65. The van der Waals surface area contributed by atoms with Crippen LogP contribution in [0.2, 0.25) is 0 Å². The Kier molecular flexibility index (Phi) is 1.62. The van der Waals surface area contributed by atoms with Gasteiger partial charge in [0, 0.05) is 23.7 Å². The Hall–Kier alpha value is -1.38. The van der Waals surface area contributed by atoms with Crippen LogP contribution in [0.3, 0.4) is 0 Å². The number of anilines is 1. The lowest BCUT2D eigenvalue weighted by molar-refractivity contribution is 0.403. The molecule has 1 aliphatic rings. The fraction of sp³-hybridized carbons (Fsp3) is 0.400. The Morgan fingerprint density at radius 3 is 2.46 bits per heavy atom. The number of rotatable bonds is 0. The Balaban J connectivity index is 2.53. The van der Waals surface area contributed by atoms with Crippen LogP contribution in [-0.4, -0.2) is 16.3 Å². The van der Waals surface area contributed by atoms with E-state index in [2.05, 4.69) is 19.2 Å². The summed E-state index contributed by atoms with van der Waals surface area (Å²) >= 11 is 0. The number of hydrogen-bond donors (Lipinski definition) is 3. The van der Waals surface area contributed by atoms with E-state index >= 15 is 0 Å². The van der Waals surface area contributed by atoms with E-state index in [0.29, 0.717) is 12.0 Å². The molecule has 13 heavy (non-hydrogen) atoms. The van der Waals surface area contributed by atoms with E-state index in [1.165, 1.54) is 0 Å². The lowest BCUT2D eigenvalue weighted by atomic mass is 9.98. The molecule has 70 valence electrons. The van der Waals surface area contributed by atoms with Gasteiger partial charge < -0.3 is 15.5 Å². The maximum atomic E-state index is 9.31. The zero-order chi connectivity index (χ0) is 9.59.